The average Bonchev–Trinajstić information content (AvgIpc) is 2.65. The van der Waals surface area contributed by atoms with Gasteiger partial charge in [0.15, 0.2) is 0 Å². The van der Waals surface area contributed by atoms with Gasteiger partial charge >= 0.3 is 5.97 Å². The van der Waals surface area contributed by atoms with Crippen LogP contribution in [0, 0.1) is 0 Å². The van der Waals surface area contributed by atoms with E-state index in [-0.39, 0.29) is 12.0 Å². The summed E-state index contributed by atoms with van der Waals surface area (Å²) >= 11 is 0. The topological polar surface area (TPSA) is 72.5 Å². The first kappa shape index (κ1) is 17.9. The van der Waals surface area contributed by atoms with Gasteiger partial charge in [-0.05, 0) is 36.1 Å². The Bertz CT molecular complexity index is 665. The van der Waals surface area contributed by atoms with Crippen LogP contribution in [0.25, 0.3) is 6.08 Å². The molecule has 126 valence electrons. The number of aliphatic hydroxyl groups excluding tert-OH is 1. The molecule has 0 aromatic heterocycles. The van der Waals surface area contributed by atoms with E-state index in [0.29, 0.717) is 12.0 Å². The summed E-state index contributed by atoms with van der Waals surface area (Å²) in [5, 5.41) is 10.2. The van der Waals surface area contributed by atoms with Crippen molar-refractivity contribution >= 4 is 12.0 Å². The molecule has 0 unspecified atom stereocenters. The Hall–Kier alpha value is -2.43. The first-order valence-corrected chi connectivity index (χ1v) is 7.95. The molecule has 2 aromatic carbocycles. The predicted molar refractivity (Wildman–Crippen MR) is 95.4 cm³/mol. The first-order valence-electron chi connectivity index (χ1n) is 7.95. The molecule has 2 aromatic rings. The van der Waals surface area contributed by atoms with Crippen LogP contribution in [0.1, 0.15) is 40.4 Å². The standard InChI is InChI=1S/C20H23NO3/c1-24-20(23)17-13-11-15(12-14-17)7-5-6-10-18(21)19(22)16-8-3-2-4-9-16/h2-5,7-9,11-14,18-19,22H,6,10,21H2,1H3/b7-5-/t18-,19-/m1/s1. The number of nitrogens with two attached hydrogens (primary N) is 1. The number of benzene rings is 2. The molecule has 0 bridgehead atoms. The number of hydrogen-bond donors (Lipinski definition) is 2. The third-order valence-corrected chi connectivity index (χ3v) is 3.86. The van der Waals surface area contributed by atoms with E-state index in [2.05, 4.69) is 4.74 Å². The van der Waals surface area contributed by atoms with Crippen LogP contribution in [0.3, 0.4) is 0 Å². The van der Waals surface area contributed by atoms with Gasteiger partial charge in [0.05, 0.1) is 18.8 Å². The number of esters is 1. The number of rotatable bonds is 7. The fourth-order valence-corrected chi connectivity index (χ4v) is 2.41. The Labute approximate surface area is 142 Å². The van der Waals surface area contributed by atoms with Gasteiger partial charge in [0, 0.05) is 6.04 Å². The van der Waals surface area contributed by atoms with Gasteiger partial charge in [0.1, 0.15) is 0 Å². The number of ether oxygens (including phenoxy) is 1. The van der Waals surface area contributed by atoms with E-state index in [1.54, 1.807) is 12.1 Å². The lowest BCUT2D eigenvalue weighted by Crippen LogP contribution is -2.28. The quantitative estimate of drug-likeness (QED) is 0.766. The largest absolute Gasteiger partial charge is 0.465 e. The molecule has 0 aliphatic rings. The van der Waals surface area contributed by atoms with Crippen LogP contribution in [-0.2, 0) is 4.74 Å². The normalized spacial score (nSPS) is 13.6. The Morgan fingerprint density at radius 1 is 1.17 bits per heavy atom. The monoisotopic (exact) mass is 325 g/mol. The zero-order valence-corrected chi connectivity index (χ0v) is 13.8. The van der Waals surface area contributed by atoms with Crippen LogP contribution in [0.2, 0.25) is 0 Å². The summed E-state index contributed by atoms with van der Waals surface area (Å²) in [5.74, 6) is -0.341. The first-order chi connectivity index (χ1) is 11.6. The lowest BCUT2D eigenvalue weighted by Gasteiger charge is -2.18. The zero-order chi connectivity index (χ0) is 17.4. The second kappa shape index (κ2) is 9.01. The molecule has 4 heteroatoms. The van der Waals surface area contributed by atoms with Gasteiger partial charge in [-0.25, -0.2) is 4.79 Å². The summed E-state index contributed by atoms with van der Waals surface area (Å²) in [5.41, 5.74) is 8.43. The molecule has 0 spiro atoms. The molecule has 0 aliphatic heterocycles. The van der Waals surface area contributed by atoms with Crippen molar-refractivity contribution in [3.8, 4) is 0 Å². The van der Waals surface area contributed by atoms with Gasteiger partial charge in [-0.2, -0.15) is 0 Å². The van der Waals surface area contributed by atoms with Crippen LogP contribution in [0.15, 0.2) is 60.7 Å². The fraction of sp³-hybridized carbons (Fsp3) is 0.250. The number of aliphatic hydroxyl groups is 1. The molecule has 24 heavy (non-hydrogen) atoms. The molecule has 0 fully saturated rings. The number of allylic oxidation sites excluding steroid dienone is 1. The van der Waals surface area contributed by atoms with Gasteiger partial charge in [-0.3, -0.25) is 0 Å². The maximum atomic E-state index is 11.4. The predicted octanol–water partition coefficient (Wildman–Crippen LogP) is 3.33. The SMILES string of the molecule is COC(=O)c1ccc(/C=C\CC[C@@H](N)[C@H](O)c2ccccc2)cc1. The minimum atomic E-state index is -0.654. The van der Waals surface area contributed by atoms with E-state index in [4.69, 9.17) is 5.73 Å². The third-order valence-electron chi connectivity index (χ3n) is 3.86. The van der Waals surface area contributed by atoms with Crippen molar-refractivity contribution in [1.82, 2.24) is 0 Å². The molecule has 0 heterocycles. The lowest BCUT2D eigenvalue weighted by molar-refractivity contribution is 0.0600. The molecule has 0 amide bonds. The van der Waals surface area contributed by atoms with Crippen molar-refractivity contribution in [2.45, 2.75) is 25.0 Å². The van der Waals surface area contributed by atoms with Crippen LogP contribution >= 0.6 is 0 Å². The van der Waals surface area contributed by atoms with E-state index in [1.165, 1.54) is 7.11 Å². The van der Waals surface area contributed by atoms with Crippen molar-refractivity contribution in [2.24, 2.45) is 5.73 Å². The third kappa shape index (κ3) is 5.05. The minimum absolute atomic E-state index is 0.307. The summed E-state index contributed by atoms with van der Waals surface area (Å²) in [7, 11) is 1.36. The average molecular weight is 325 g/mol. The van der Waals surface area contributed by atoms with Gasteiger partial charge in [0.25, 0.3) is 0 Å². The van der Waals surface area contributed by atoms with E-state index in [9.17, 15) is 9.90 Å². The molecule has 3 N–H and O–H groups in total. The van der Waals surface area contributed by atoms with Crippen molar-refractivity contribution in [2.75, 3.05) is 7.11 Å². The molecule has 0 saturated heterocycles. The van der Waals surface area contributed by atoms with E-state index in [0.717, 1.165) is 17.5 Å². The Balaban J connectivity index is 1.82. The Morgan fingerprint density at radius 3 is 2.46 bits per heavy atom. The molecule has 2 atom stereocenters. The van der Waals surface area contributed by atoms with Crippen LogP contribution in [0.4, 0.5) is 0 Å². The van der Waals surface area contributed by atoms with Crippen molar-refractivity contribution < 1.29 is 14.6 Å². The lowest BCUT2D eigenvalue weighted by atomic mass is 9.99. The number of carbonyl (C=O) groups is 1. The second-order valence-electron chi connectivity index (χ2n) is 5.61. The highest BCUT2D eigenvalue weighted by Gasteiger charge is 2.15. The highest BCUT2D eigenvalue weighted by atomic mass is 16.5. The minimum Gasteiger partial charge on any atom is -0.465 e. The molecule has 0 radical (unpaired) electrons. The van der Waals surface area contributed by atoms with E-state index < -0.39 is 6.10 Å². The Morgan fingerprint density at radius 2 is 1.83 bits per heavy atom. The van der Waals surface area contributed by atoms with Gasteiger partial charge in [0.2, 0.25) is 0 Å². The number of hydrogen-bond acceptors (Lipinski definition) is 4. The zero-order valence-electron chi connectivity index (χ0n) is 13.8. The van der Waals surface area contributed by atoms with Crippen molar-refractivity contribution in [3.05, 3.63) is 77.4 Å². The molecule has 0 saturated carbocycles. The maximum Gasteiger partial charge on any atom is 0.337 e. The summed E-state index contributed by atoms with van der Waals surface area (Å²) in [6, 6.07) is 16.3. The highest BCUT2D eigenvalue weighted by molar-refractivity contribution is 5.89. The Kier molecular flexibility index (Phi) is 6.73. The summed E-state index contributed by atoms with van der Waals surface area (Å²) < 4.78 is 4.67. The van der Waals surface area contributed by atoms with E-state index >= 15 is 0 Å². The highest BCUT2D eigenvalue weighted by Crippen LogP contribution is 2.18. The smallest absolute Gasteiger partial charge is 0.337 e. The molecule has 4 nitrogen and oxygen atoms in total. The summed E-state index contributed by atoms with van der Waals surface area (Å²) in [4.78, 5) is 11.4. The van der Waals surface area contributed by atoms with Crippen LogP contribution in [0.5, 0.6) is 0 Å². The number of methoxy groups -OCH3 is 1. The second-order valence-corrected chi connectivity index (χ2v) is 5.61. The van der Waals surface area contributed by atoms with Gasteiger partial charge in [-0.15, -0.1) is 0 Å². The summed E-state index contributed by atoms with van der Waals surface area (Å²) in [6.45, 7) is 0. The molecular formula is C20H23NO3. The number of carbonyl (C=O) groups excluding carboxylic acids is 1. The maximum absolute atomic E-state index is 11.4. The fourth-order valence-electron chi connectivity index (χ4n) is 2.41. The van der Waals surface area contributed by atoms with Crippen LogP contribution < -0.4 is 5.73 Å². The van der Waals surface area contributed by atoms with Gasteiger partial charge in [-0.1, -0.05) is 54.6 Å². The van der Waals surface area contributed by atoms with Crippen molar-refractivity contribution in [1.29, 1.82) is 0 Å². The van der Waals surface area contributed by atoms with E-state index in [1.807, 2.05) is 54.6 Å². The molecule has 0 aliphatic carbocycles. The van der Waals surface area contributed by atoms with Crippen LogP contribution in [-0.4, -0.2) is 24.2 Å². The molecule has 2 rings (SSSR count). The van der Waals surface area contributed by atoms with Crippen molar-refractivity contribution in [3.63, 3.8) is 0 Å². The summed E-state index contributed by atoms with van der Waals surface area (Å²) in [6.07, 6.45) is 4.79. The molecular weight excluding hydrogens is 302 g/mol. The van der Waals surface area contributed by atoms with Gasteiger partial charge < -0.3 is 15.6 Å².